The smallest absolute Gasteiger partial charge is 0.323 e. The number of hydrogen-bond donors (Lipinski definition) is 7. The van der Waals surface area contributed by atoms with E-state index in [0.717, 1.165) is 10.8 Å². The van der Waals surface area contributed by atoms with E-state index in [9.17, 15) is 39.6 Å². The Balaban J connectivity index is 1.36. The number of aromatic hydroxyl groups is 1. The number of Topliss-reactive ketones (excluding diaryl/α,β-unsaturated/α-hetero) is 2. The van der Waals surface area contributed by atoms with Crippen LogP contribution in [-0.2, 0) is 16.0 Å². The Morgan fingerprint density at radius 1 is 0.955 bits per heavy atom. The number of likely N-dealkylation sites (N-methyl/N-ethyl adjacent to an activating group) is 1. The van der Waals surface area contributed by atoms with E-state index in [4.69, 9.17) is 5.73 Å². The highest BCUT2D eigenvalue weighted by Crippen LogP contribution is 2.52. The number of carbonyl (C=O) groups is 4. The number of hydrogen-bond acceptors (Lipinski definition) is 9. The molecule has 3 amide bonds. The predicted octanol–water partition coefficient (Wildman–Crippen LogP) is 2.92. The molecule has 3 aliphatic carbocycles. The van der Waals surface area contributed by atoms with Crippen LogP contribution in [0, 0.1) is 11.8 Å². The lowest BCUT2D eigenvalue weighted by molar-refractivity contribution is -0.148. The number of aliphatic hydroxyl groups is 3. The van der Waals surface area contributed by atoms with Crippen LogP contribution in [0.15, 0.2) is 77.3 Å². The maximum absolute atomic E-state index is 13.9. The van der Waals surface area contributed by atoms with Crippen molar-refractivity contribution in [3.63, 3.8) is 0 Å². The number of phenolic OH excluding ortho intramolecular Hbond substituents is 1. The van der Waals surface area contributed by atoms with E-state index >= 15 is 0 Å². The quantitative estimate of drug-likeness (QED) is 0.174. The molecule has 3 aliphatic rings. The zero-order chi connectivity index (χ0) is 31.7. The highest BCUT2D eigenvalue weighted by Gasteiger charge is 2.63. The largest absolute Gasteiger partial charge is 0.510 e. The molecule has 3 aromatic rings. The van der Waals surface area contributed by atoms with Gasteiger partial charge in [0.2, 0.25) is 5.78 Å². The molecule has 0 radical (unpaired) electrons. The van der Waals surface area contributed by atoms with Crippen molar-refractivity contribution < 1.29 is 39.6 Å². The number of urea groups is 1. The van der Waals surface area contributed by atoms with Crippen molar-refractivity contribution >= 4 is 45.7 Å². The summed E-state index contributed by atoms with van der Waals surface area (Å²) < 4.78 is 0. The SMILES string of the molecule is CN(C)[C@H]1C(O)=C(C(N)=O)C(=O)[C@]2(O)C(O)=C3C(=O)c4c(ccc(NC(=O)Nc5cccc6ccccc56)c4O)C[C@@H]3C[C@H]12. The molecule has 226 valence electrons. The minimum Gasteiger partial charge on any atom is -0.510 e. The summed E-state index contributed by atoms with van der Waals surface area (Å²) in [5.74, 6) is -7.37. The number of nitrogens with two attached hydrogens (primary N) is 1. The van der Waals surface area contributed by atoms with Crippen molar-refractivity contribution in [3.05, 3.63) is 88.4 Å². The van der Waals surface area contributed by atoms with Crippen molar-refractivity contribution in [2.45, 2.75) is 24.5 Å². The lowest BCUT2D eigenvalue weighted by Crippen LogP contribution is -2.63. The lowest BCUT2D eigenvalue weighted by atomic mass is 9.58. The molecule has 0 saturated heterocycles. The molecule has 0 fully saturated rings. The van der Waals surface area contributed by atoms with Gasteiger partial charge in [0.1, 0.15) is 17.1 Å². The molecule has 0 aliphatic heterocycles. The van der Waals surface area contributed by atoms with Gasteiger partial charge in [-0.05, 0) is 55.9 Å². The molecular formula is C32H30N4O8. The molecule has 6 rings (SSSR count). The summed E-state index contributed by atoms with van der Waals surface area (Å²) in [5, 5.41) is 52.2. The first kappa shape index (κ1) is 28.9. The van der Waals surface area contributed by atoms with Crippen LogP contribution < -0.4 is 16.4 Å². The van der Waals surface area contributed by atoms with Gasteiger partial charge in [0, 0.05) is 16.9 Å². The summed E-state index contributed by atoms with van der Waals surface area (Å²) in [6.45, 7) is 0. The number of allylic oxidation sites excluding steroid dienone is 1. The third-order valence-corrected chi connectivity index (χ3v) is 8.88. The molecule has 0 aromatic heterocycles. The van der Waals surface area contributed by atoms with Gasteiger partial charge in [-0.25, -0.2) is 4.79 Å². The minimum absolute atomic E-state index is 0.0139. The summed E-state index contributed by atoms with van der Waals surface area (Å²) in [6.07, 6.45) is 0.130. The number of amides is 3. The fourth-order valence-electron chi connectivity index (χ4n) is 6.94. The van der Waals surface area contributed by atoms with E-state index in [1.165, 1.54) is 11.0 Å². The predicted molar refractivity (Wildman–Crippen MR) is 160 cm³/mol. The van der Waals surface area contributed by atoms with E-state index in [1.807, 2.05) is 30.3 Å². The highest BCUT2D eigenvalue weighted by atomic mass is 16.3. The van der Waals surface area contributed by atoms with Gasteiger partial charge in [-0.2, -0.15) is 0 Å². The molecule has 4 atom stereocenters. The number of nitrogens with one attached hydrogen (secondary N) is 2. The van der Waals surface area contributed by atoms with E-state index in [0.29, 0.717) is 11.3 Å². The van der Waals surface area contributed by atoms with Crippen molar-refractivity contribution in [1.29, 1.82) is 0 Å². The number of phenols is 1. The van der Waals surface area contributed by atoms with E-state index in [1.54, 1.807) is 32.3 Å². The van der Waals surface area contributed by atoms with Crippen LogP contribution in [0.25, 0.3) is 10.8 Å². The van der Waals surface area contributed by atoms with Gasteiger partial charge in [0.15, 0.2) is 17.1 Å². The summed E-state index contributed by atoms with van der Waals surface area (Å²) in [7, 11) is 3.13. The number of ketones is 2. The van der Waals surface area contributed by atoms with Gasteiger partial charge < -0.3 is 36.8 Å². The number of fused-ring (bicyclic) bond motifs is 4. The van der Waals surface area contributed by atoms with Crippen molar-refractivity contribution in [3.8, 4) is 5.75 Å². The van der Waals surface area contributed by atoms with Crippen LogP contribution >= 0.6 is 0 Å². The van der Waals surface area contributed by atoms with Crippen LogP contribution in [0.1, 0.15) is 22.3 Å². The molecule has 0 spiro atoms. The molecule has 44 heavy (non-hydrogen) atoms. The van der Waals surface area contributed by atoms with Gasteiger partial charge >= 0.3 is 6.03 Å². The molecule has 0 unspecified atom stereocenters. The lowest BCUT2D eigenvalue weighted by Gasteiger charge is -2.50. The normalized spacial score (nSPS) is 24.6. The van der Waals surface area contributed by atoms with E-state index < -0.39 is 69.8 Å². The van der Waals surface area contributed by atoms with Gasteiger partial charge in [-0.1, -0.05) is 42.5 Å². The Kier molecular flexibility index (Phi) is 6.71. The standard InChI is InChI=1S/C32H30N4O8/c1-36(2)24-18-13-16-12-15-10-11-20(35-31(43)34-19-9-5-7-14-6-3-4-8-17(14)19)25(37)21(15)26(38)22(16)28(40)32(18,44)29(41)23(27(24)39)30(33)42/h3-11,16,18,24,37,39-40,44H,12-13H2,1-2H3,(H2,33,42)(H2,34,35,43)/t16-,18-,24-,32-/m1/s1. The first-order valence-electron chi connectivity index (χ1n) is 13.9. The number of rotatable bonds is 4. The van der Waals surface area contributed by atoms with Gasteiger partial charge in [0.05, 0.1) is 23.0 Å². The molecule has 0 heterocycles. The first-order chi connectivity index (χ1) is 20.9. The Bertz CT molecular complexity index is 1860. The fourth-order valence-corrected chi connectivity index (χ4v) is 6.94. The molecule has 3 aromatic carbocycles. The summed E-state index contributed by atoms with van der Waals surface area (Å²) >= 11 is 0. The van der Waals surface area contributed by atoms with Crippen molar-refractivity contribution in [2.75, 3.05) is 24.7 Å². The Morgan fingerprint density at radius 3 is 2.34 bits per heavy atom. The third-order valence-electron chi connectivity index (χ3n) is 8.88. The van der Waals surface area contributed by atoms with Gasteiger partial charge in [0.25, 0.3) is 5.91 Å². The number of carbonyl (C=O) groups excluding carboxylic acids is 4. The zero-order valence-corrected chi connectivity index (χ0v) is 23.8. The van der Waals surface area contributed by atoms with Crippen molar-refractivity contribution in [2.24, 2.45) is 17.6 Å². The van der Waals surface area contributed by atoms with Crippen molar-refractivity contribution in [1.82, 2.24) is 4.90 Å². The average molecular weight is 599 g/mol. The Hall–Kier alpha value is -5.20. The van der Waals surface area contributed by atoms with E-state index in [2.05, 4.69) is 10.6 Å². The molecule has 0 saturated carbocycles. The number of nitrogens with zero attached hydrogens (tertiary/aromatic N) is 1. The van der Waals surface area contributed by atoms with E-state index in [-0.39, 0.29) is 29.7 Å². The Morgan fingerprint density at radius 2 is 1.64 bits per heavy atom. The van der Waals surface area contributed by atoms with Gasteiger partial charge in [-0.15, -0.1) is 0 Å². The number of anilines is 2. The second kappa shape index (κ2) is 10.2. The number of benzene rings is 3. The average Bonchev–Trinajstić information content (AvgIpc) is 2.96. The zero-order valence-electron chi connectivity index (χ0n) is 23.8. The summed E-state index contributed by atoms with van der Waals surface area (Å²) in [5.41, 5.74) is 2.17. The molecule has 0 bridgehead atoms. The van der Waals surface area contributed by atoms with Crippen LogP contribution in [-0.4, -0.2) is 74.6 Å². The summed E-state index contributed by atoms with van der Waals surface area (Å²) in [4.78, 5) is 53.9. The first-order valence-corrected chi connectivity index (χ1v) is 13.9. The second-order valence-corrected chi connectivity index (χ2v) is 11.6. The monoisotopic (exact) mass is 598 g/mol. The van der Waals surface area contributed by atoms with Crippen LogP contribution in [0.2, 0.25) is 0 Å². The number of primary amides is 1. The maximum Gasteiger partial charge on any atom is 0.323 e. The molecule has 12 heteroatoms. The van der Waals surface area contributed by atoms with Crippen LogP contribution in [0.3, 0.4) is 0 Å². The van der Waals surface area contributed by atoms with Crippen LogP contribution in [0.4, 0.5) is 16.2 Å². The second-order valence-electron chi connectivity index (χ2n) is 11.6. The highest BCUT2D eigenvalue weighted by molar-refractivity contribution is 6.25. The summed E-state index contributed by atoms with van der Waals surface area (Å²) in [6, 6.07) is 14.2. The fraction of sp³-hybridized carbons (Fsp3) is 0.250. The molecular weight excluding hydrogens is 568 g/mol. The third kappa shape index (κ3) is 4.13. The minimum atomic E-state index is -2.73. The Labute approximate surface area is 251 Å². The van der Waals surface area contributed by atoms with Crippen LogP contribution in [0.5, 0.6) is 5.75 Å². The molecule has 8 N–H and O–H groups in total. The topological polar surface area (TPSA) is 203 Å². The number of aliphatic hydroxyl groups excluding tert-OH is 2. The van der Waals surface area contributed by atoms with Gasteiger partial charge in [-0.3, -0.25) is 19.3 Å². The molecule has 12 nitrogen and oxygen atoms in total. The maximum atomic E-state index is 13.9.